The van der Waals surface area contributed by atoms with E-state index in [1.807, 2.05) is 13.8 Å². The van der Waals surface area contributed by atoms with Crippen LogP contribution in [0.3, 0.4) is 0 Å². The van der Waals surface area contributed by atoms with Crippen LogP contribution in [0.2, 0.25) is 0 Å². The van der Waals surface area contributed by atoms with Crippen LogP contribution in [-0.4, -0.2) is 29.3 Å². The predicted octanol–water partition coefficient (Wildman–Crippen LogP) is 2.06. The minimum atomic E-state index is -1.06. The zero-order chi connectivity index (χ0) is 14.3. The SMILES string of the molecule is CCC1(CC)C(=O)NC(=O)N(CC2(C)CCC2)C1=O. The van der Waals surface area contributed by atoms with E-state index in [9.17, 15) is 14.4 Å². The maximum Gasteiger partial charge on any atom is 0.330 e. The normalized spacial score (nSPS) is 25.0. The number of hydrogen-bond donors (Lipinski definition) is 1. The van der Waals surface area contributed by atoms with Crippen LogP contribution >= 0.6 is 0 Å². The van der Waals surface area contributed by atoms with E-state index < -0.39 is 17.4 Å². The molecule has 0 bridgehead atoms. The minimum Gasteiger partial charge on any atom is -0.277 e. The van der Waals surface area contributed by atoms with Gasteiger partial charge in [-0.15, -0.1) is 0 Å². The van der Waals surface area contributed by atoms with E-state index in [-0.39, 0.29) is 11.3 Å². The summed E-state index contributed by atoms with van der Waals surface area (Å²) in [5.41, 5.74) is -1.03. The topological polar surface area (TPSA) is 66.5 Å². The van der Waals surface area contributed by atoms with Gasteiger partial charge in [0.05, 0.1) is 0 Å². The number of nitrogens with zero attached hydrogens (tertiary/aromatic N) is 1. The molecule has 1 N–H and O–H groups in total. The number of carbonyl (C=O) groups is 3. The van der Waals surface area contributed by atoms with Gasteiger partial charge in [0, 0.05) is 6.54 Å². The summed E-state index contributed by atoms with van der Waals surface area (Å²) in [6.07, 6.45) is 4.06. The monoisotopic (exact) mass is 266 g/mol. The van der Waals surface area contributed by atoms with Crippen LogP contribution in [-0.2, 0) is 9.59 Å². The number of hydrogen-bond acceptors (Lipinski definition) is 3. The highest BCUT2D eigenvalue weighted by molar-refractivity contribution is 6.19. The van der Waals surface area contributed by atoms with Crippen LogP contribution in [0.15, 0.2) is 0 Å². The Balaban J connectivity index is 2.25. The molecule has 0 atom stereocenters. The first kappa shape index (κ1) is 14.0. The highest BCUT2D eigenvalue weighted by Gasteiger charge is 2.52. The van der Waals surface area contributed by atoms with Crippen LogP contribution in [0.4, 0.5) is 4.79 Å². The number of nitrogens with one attached hydrogen (secondary N) is 1. The Hall–Kier alpha value is -1.39. The molecule has 0 aromatic carbocycles. The average molecular weight is 266 g/mol. The molecule has 4 amide bonds. The van der Waals surface area contributed by atoms with Gasteiger partial charge < -0.3 is 0 Å². The molecule has 2 rings (SSSR count). The molecule has 5 heteroatoms. The van der Waals surface area contributed by atoms with Gasteiger partial charge in [-0.25, -0.2) is 4.79 Å². The van der Waals surface area contributed by atoms with E-state index >= 15 is 0 Å². The van der Waals surface area contributed by atoms with Crippen LogP contribution < -0.4 is 5.32 Å². The average Bonchev–Trinajstić information content (AvgIpc) is 2.34. The van der Waals surface area contributed by atoms with Gasteiger partial charge in [-0.1, -0.05) is 27.2 Å². The summed E-state index contributed by atoms with van der Waals surface area (Å²) in [5.74, 6) is -0.762. The van der Waals surface area contributed by atoms with Gasteiger partial charge in [0.1, 0.15) is 5.41 Å². The summed E-state index contributed by atoms with van der Waals surface area (Å²) < 4.78 is 0. The van der Waals surface area contributed by atoms with Gasteiger partial charge in [0.15, 0.2) is 0 Å². The Kier molecular flexibility index (Phi) is 3.41. The number of rotatable bonds is 4. The molecule has 1 saturated heterocycles. The maximum atomic E-state index is 12.6. The summed E-state index contributed by atoms with van der Waals surface area (Å²) in [7, 11) is 0. The molecule has 2 aliphatic rings. The van der Waals surface area contributed by atoms with Crippen molar-refractivity contribution < 1.29 is 14.4 Å². The third-order valence-corrected chi connectivity index (χ3v) is 4.86. The third-order valence-electron chi connectivity index (χ3n) is 4.86. The lowest BCUT2D eigenvalue weighted by molar-refractivity contribution is -0.153. The number of amides is 4. The molecule has 0 unspecified atom stereocenters. The summed E-state index contributed by atoms with van der Waals surface area (Å²) in [6.45, 7) is 6.15. The Labute approximate surface area is 113 Å². The molecule has 0 radical (unpaired) electrons. The van der Waals surface area contributed by atoms with E-state index in [4.69, 9.17) is 0 Å². The summed E-state index contributed by atoms with van der Waals surface area (Å²) >= 11 is 0. The quantitative estimate of drug-likeness (QED) is 0.792. The number of carbonyl (C=O) groups excluding carboxylic acids is 3. The second-order valence-corrected chi connectivity index (χ2v) is 6.10. The van der Waals surface area contributed by atoms with Crippen molar-refractivity contribution in [3.8, 4) is 0 Å². The highest BCUT2D eigenvalue weighted by atomic mass is 16.2. The Bertz CT molecular complexity index is 422. The molecular formula is C14H22N2O3. The lowest BCUT2D eigenvalue weighted by Crippen LogP contribution is -2.65. The molecule has 1 heterocycles. The van der Waals surface area contributed by atoms with Crippen molar-refractivity contribution in [3.63, 3.8) is 0 Å². The standard InChI is InChI=1S/C14H22N2O3/c1-4-14(5-2)10(17)15-12(19)16(11(14)18)9-13(3)7-6-8-13/h4-9H2,1-3H3,(H,15,17,19). The van der Waals surface area contributed by atoms with Gasteiger partial charge in [-0.05, 0) is 31.1 Å². The molecule has 0 aromatic heterocycles. The number of urea groups is 1. The third kappa shape index (κ3) is 2.05. The van der Waals surface area contributed by atoms with Gasteiger partial charge in [0.2, 0.25) is 11.8 Å². The molecular weight excluding hydrogens is 244 g/mol. The first-order valence-electron chi connectivity index (χ1n) is 7.06. The maximum absolute atomic E-state index is 12.6. The van der Waals surface area contributed by atoms with Crippen LogP contribution in [0.1, 0.15) is 52.9 Å². The Morgan fingerprint density at radius 3 is 2.16 bits per heavy atom. The van der Waals surface area contributed by atoms with Crippen molar-refractivity contribution in [1.29, 1.82) is 0 Å². The van der Waals surface area contributed by atoms with Gasteiger partial charge in [-0.2, -0.15) is 0 Å². The molecule has 0 aromatic rings. The molecule has 1 aliphatic heterocycles. The molecule has 106 valence electrons. The molecule has 1 saturated carbocycles. The minimum absolute atomic E-state index is 0.0284. The van der Waals surface area contributed by atoms with Gasteiger partial charge >= 0.3 is 6.03 Å². The van der Waals surface area contributed by atoms with E-state index in [1.165, 1.54) is 4.90 Å². The van der Waals surface area contributed by atoms with E-state index in [0.29, 0.717) is 19.4 Å². The first-order chi connectivity index (χ1) is 8.88. The summed E-state index contributed by atoms with van der Waals surface area (Å²) in [5, 5.41) is 2.35. The lowest BCUT2D eigenvalue weighted by Gasteiger charge is -2.45. The second-order valence-electron chi connectivity index (χ2n) is 6.10. The molecule has 1 aliphatic carbocycles. The van der Waals surface area contributed by atoms with E-state index in [1.54, 1.807) is 0 Å². The fourth-order valence-electron chi connectivity index (χ4n) is 3.07. The summed E-state index contributed by atoms with van der Waals surface area (Å²) in [4.78, 5) is 37.8. The molecule has 2 fully saturated rings. The fourth-order valence-corrected chi connectivity index (χ4v) is 3.07. The van der Waals surface area contributed by atoms with Crippen LogP contribution in [0.25, 0.3) is 0 Å². The zero-order valence-electron chi connectivity index (χ0n) is 11.9. The van der Waals surface area contributed by atoms with Crippen molar-refractivity contribution in [3.05, 3.63) is 0 Å². The van der Waals surface area contributed by atoms with Crippen molar-refractivity contribution in [1.82, 2.24) is 10.2 Å². The van der Waals surface area contributed by atoms with Crippen molar-refractivity contribution in [2.45, 2.75) is 52.9 Å². The largest absolute Gasteiger partial charge is 0.330 e. The van der Waals surface area contributed by atoms with Gasteiger partial charge in [0.25, 0.3) is 0 Å². The number of imide groups is 2. The lowest BCUT2D eigenvalue weighted by atomic mass is 9.69. The second kappa shape index (κ2) is 4.62. The highest BCUT2D eigenvalue weighted by Crippen LogP contribution is 2.42. The molecule has 5 nitrogen and oxygen atoms in total. The Morgan fingerprint density at radius 2 is 1.74 bits per heavy atom. The first-order valence-corrected chi connectivity index (χ1v) is 7.06. The van der Waals surface area contributed by atoms with E-state index in [2.05, 4.69) is 12.2 Å². The zero-order valence-corrected chi connectivity index (χ0v) is 11.9. The van der Waals surface area contributed by atoms with Crippen molar-refractivity contribution >= 4 is 17.8 Å². The fraction of sp³-hybridized carbons (Fsp3) is 0.786. The van der Waals surface area contributed by atoms with Crippen LogP contribution in [0.5, 0.6) is 0 Å². The smallest absolute Gasteiger partial charge is 0.277 e. The van der Waals surface area contributed by atoms with Gasteiger partial charge in [-0.3, -0.25) is 19.8 Å². The number of barbiturate groups is 1. The van der Waals surface area contributed by atoms with Crippen LogP contribution in [0, 0.1) is 10.8 Å². The van der Waals surface area contributed by atoms with Crippen molar-refractivity contribution in [2.24, 2.45) is 10.8 Å². The van der Waals surface area contributed by atoms with Crippen molar-refractivity contribution in [2.75, 3.05) is 6.54 Å². The van der Waals surface area contributed by atoms with E-state index in [0.717, 1.165) is 19.3 Å². The summed E-state index contributed by atoms with van der Waals surface area (Å²) in [6, 6.07) is -0.555. The predicted molar refractivity (Wildman–Crippen MR) is 70.2 cm³/mol. The Morgan fingerprint density at radius 1 is 1.16 bits per heavy atom. The molecule has 0 spiro atoms. The molecule has 19 heavy (non-hydrogen) atoms.